The Labute approximate surface area is 192 Å². The van der Waals surface area contributed by atoms with Crippen molar-refractivity contribution in [1.29, 1.82) is 0 Å². The second-order valence-electron chi connectivity index (χ2n) is 8.64. The molecule has 1 aromatic rings. The van der Waals surface area contributed by atoms with Crippen LogP contribution in [0.2, 0.25) is 0 Å². The molecule has 0 saturated carbocycles. The second-order valence-corrected chi connectivity index (χ2v) is 8.64. The first-order valence-electron chi connectivity index (χ1n) is 12.1. The molecular formula is C24H39N5O3. The van der Waals surface area contributed by atoms with Gasteiger partial charge < -0.3 is 19.4 Å². The van der Waals surface area contributed by atoms with Crippen molar-refractivity contribution < 1.29 is 14.3 Å². The van der Waals surface area contributed by atoms with Crippen LogP contribution in [0.25, 0.3) is 0 Å². The van der Waals surface area contributed by atoms with E-state index in [2.05, 4.69) is 9.88 Å². The molecule has 8 nitrogen and oxygen atoms in total. The van der Waals surface area contributed by atoms with Gasteiger partial charge in [0.2, 0.25) is 5.91 Å². The number of hydrogen-bond donors (Lipinski definition) is 0. The van der Waals surface area contributed by atoms with Gasteiger partial charge in [-0.3, -0.25) is 14.7 Å². The summed E-state index contributed by atoms with van der Waals surface area (Å²) in [5.74, 6) is 0.208. The summed E-state index contributed by atoms with van der Waals surface area (Å²) in [4.78, 5) is 38.4. The van der Waals surface area contributed by atoms with Gasteiger partial charge in [-0.05, 0) is 50.8 Å². The maximum absolute atomic E-state index is 13.5. The minimum Gasteiger partial charge on any atom is -0.379 e. The molecule has 0 atom stereocenters. The van der Waals surface area contributed by atoms with Gasteiger partial charge in [-0.15, -0.1) is 0 Å². The highest BCUT2D eigenvalue weighted by Crippen LogP contribution is 2.22. The molecule has 0 unspecified atom stereocenters. The number of morpholine rings is 1. The van der Waals surface area contributed by atoms with Crippen LogP contribution in [0.5, 0.6) is 0 Å². The number of urea groups is 1. The molecular weight excluding hydrogens is 406 g/mol. The van der Waals surface area contributed by atoms with Crippen LogP contribution in [0.4, 0.5) is 4.79 Å². The third kappa shape index (κ3) is 6.90. The molecule has 32 heavy (non-hydrogen) atoms. The molecule has 0 aliphatic carbocycles. The molecule has 0 spiro atoms. The molecule has 2 aliphatic rings. The van der Waals surface area contributed by atoms with Crippen LogP contribution in [0, 0.1) is 5.92 Å². The summed E-state index contributed by atoms with van der Waals surface area (Å²) < 4.78 is 5.44. The van der Waals surface area contributed by atoms with Crippen molar-refractivity contribution in [2.24, 2.45) is 5.92 Å². The van der Waals surface area contributed by atoms with E-state index in [1.807, 2.05) is 40.7 Å². The Bertz CT molecular complexity index is 699. The van der Waals surface area contributed by atoms with Crippen LogP contribution >= 0.6 is 0 Å². The number of likely N-dealkylation sites (tertiary alicyclic amines) is 1. The highest BCUT2D eigenvalue weighted by atomic mass is 16.5. The average Bonchev–Trinajstić information content (AvgIpc) is 2.85. The molecule has 8 heteroatoms. The Morgan fingerprint density at radius 1 is 1.03 bits per heavy atom. The van der Waals surface area contributed by atoms with Crippen LogP contribution in [-0.4, -0.2) is 102 Å². The molecule has 0 aromatic carbocycles. The number of aromatic nitrogens is 1. The lowest BCUT2D eigenvalue weighted by atomic mass is 9.95. The lowest BCUT2D eigenvalue weighted by molar-refractivity contribution is -0.137. The smallest absolute Gasteiger partial charge is 0.319 e. The SMILES string of the molecule is CCN(CC)C(=O)N1CCC(C(=O)N(CCCN2CCOCC2)Cc2ccncc2)CC1. The van der Waals surface area contributed by atoms with Gasteiger partial charge in [0.05, 0.1) is 13.2 Å². The third-order valence-corrected chi connectivity index (χ3v) is 6.59. The van der Waals surface area contributed by atoms with Crippen LogP contribution in [0.15, 0.2) is 24.5 Å². The molecule has 2 fully saturated rings. The quantitative estimate of drug-likeness (QED) is 0.583. The van der Waals surface area contributed by atoms with Gasteiger partial charge in [-0.2, -0.15) is 0 Å². The fourth-order valence-corrected chi connectivity index (χ4v) is 4.56. The van der Waals surface area contributed by atoms with E-state index in [9.17, 15) is 9.59 Å². The summed E-state index contributed by atoms with van der Waals surface area (Å²) in [6.07, 6.45) is 5.99. The maximum Gasteiger partial charge on any atom is 0.319 e. The van der Waals surface area contributed by atoms with Gasteiger partial charge in [0, 0.05) is 77.2 Å². The first-order chi connectivity index (χ1) is 15.6. The Hall–Kier alpha value is -2.19. The molecule has 2 aliphatic heterocycles. The largest absolute Gasteiger partial charge is 0.379 e. The van der Waals surface area contributed by atoms with Crippen LogP contribution in [0.3, 0.4) is 0 Å². The van der Waals surface area contributed by atoms with Gasteiger partial charge in [0.15, 0.2) is 0 Å². The highest BCUT2D eigenvalue weighted by molar-refractivity contribution is 5.80. The van der Waals surface area contributed by atoms with Gasteiger partial charge in [0.1, 0.15) is 0 Å². The topological polar surface area (TPSA) is 69.2 Å². The summed E-state index contributed by atoms with van der Waals surface area (Å²) in [6.45, 7) is 12.6. The number of pyridine rings is 1. The number of ether oxygens (including phenoxy) is 1. The van der Waals surface area contributed by atoms with E-state index < -0.39 is 0 Å². The summed E-state index contributed by atoms with van der Waals surface area (Å²) in [5, 5.41) is 0. The van der Waals surface area contributed by atoms with Crippen molar-refractivity contribution in [3.63, 3.8) is 0 Å². The summed E-state index contributed by atoms with van der Waals surface area (Å²) in [5.41, 5.74) is 1.11. The Morgan fingerprint density at radius 3 is 2.31 bits per heavy atom. The predicted molar refractivity (Wildman–Crippen MR) is 124 cm³/mol. The third-order valence-electron chi connectivity index (χ3n) is 6.59. The molecule has 0 N–H and O–H groups in total. The molecule has 0 radical (unpaired) electrons. The minimum atomic E-state index is -0.0130. The second kappa shape index (κ2) is 12.7. The number of rotatable bonds is 9. The van der Waals surface area contributed by atoms with Crippen molar-refractivity contribution >= 4 is 11.9 Å². The fraction of sp³-hybridized carbons (Fsp3) is 0.708. The summed E-state index contributed by atoms with van der Waals surface area (Å²) in [6, 6.07) is 4.06. The van der Waals surface area contributed by atoms with E-state index in [0.29, 0.717) is 19.6 Å². The van der Waals surface area contributed by atoms with E-state index in [1.54, 1.807) is 12.4 Å². The number of carbonyl (C=O) groups excluding carboxylic acids is 2. The standard InChI is InChI=1S/C24H39N5O3/c1-3-27(4-2)24(31)28-14-8-22(9-15-28)23(30)29(20-21-6-10-25-11-7-21)13-5-12-26-16-18-32-19-17-26/h6-7,10-11,22H,3-5,8-9,12-20H2,1-2H3. The van der Waals surface area contributed by atoms with Gasteiger partial charge in [-0.1, -0.05) is 0 Å². The number of amides is 3. The zero-order valence-electron chi connectivity index (χ0n) is 19.7. The molecule has 3 heterocycles. The number of piperidine rings is 1. The highest BCUT2D eigenvalue weighted by Gasteiger charge is 2.31. The molecule has 2 saturated heterocycles. The van der Waals surface area contributed by atoms with E-state index >= 15 is 0 Å². The lowest BCUT2D eigenvalue weighted by Crippen LogP contribution is -2.49. The Balaban J connectivity index is 1.56. The van der Waals surface area contributed by atoms with Gasteiger partial charge in [-0.25, -0.2) is 4.79 Å². The van der Waals surface area contributed by atoms with E-state index in [0.717, 1.165) is 77.3 Å². The van der Waals surface area contributed by atoms with Crippen molar-refractivity contribution in [3.8, 4) is 0 Å². The number of nitrogens with zero attached hydrogens (tertiary/aromatic N) is 5. The van der Waals surface area contributed by atoms with Crippen LogP contribution < -0.4 is 0 Å². The minimum absolute atomic E-state index is 0.0130. The summed E-state index contributed by atoms with van der Waals surface area (Å²) >= 11 is 0. The van der Waals surface area contributed by atoms with Crippen molar-refractivity contribution in [3.05, 3.63) is 30.1 Å². The molecule has 3 amide bonds. The maximum atomic E-state index is 13.5. The van der Waals surface area contributed by atoms with Crippen molar-refractivity contribution in [2.45, 2.75) is 39.7 Å². The lowest BCUT2D eigenvalue weighted by Gasteiger charge is -2.36. The summed E-state index contributed by atoms with van der Waals surface area (Å²) in [7, 11) is 0. The first kappa shape index (κ1) is 24.5. The average molecular weight is 446 g/mol. The normalized spacial score (nSPS) is 17.9. The molecule has 0 bridgehead atoms. The Kier molecular flexibility index (Phi) is 9.74. The van der Waals surface area contributed by atoms with E-state index in [4.69, 9.17) is 4.74 Å². The molecule has 1 aromatic heterocycles. The first-order valence-corrected chi connectivity index (χ1v) is 12.1. The predicted octanol–water partition coefficient (Wildman–Crippen LogP) is 2.31. The van der Waals surface area contributed by atoms with Crippen LogP contribution in [-0.2, 0) is 16.1 Å². The number of carbonyl (C=O) groups is 2. The van der Waals surface area contributed by atoms with Crippen molar-refractivity contribution in [1.82, 2.24) is 24.6 Å². The van der Waals surface area contributed by atoms with Gasteiger partial charge in [0.25, 0.3) is 0 Å². The van der Waals surface area contributed by atoms with Crippen molar-refractivity contribution in [2.75, 3.05) is 65.6 Å². The Morgan fingerprint density at radius 2 is 1.69 bits per heavy atom. The number of hydrogen-bond acceptors (Lipinski definition) is 5. The van der Waals surface area contributed by atoms with Crippen LogP contribution in [0.1, 0.15) is 38.7 Å². The van der Waals surface area contributed by atoms with Gasteiger partial charge >= 0.3 is 6.03 Å². The zero-order valence-corrected chi connectivity index (χ0v) is 19.7. The van der Waals surface area contributed by atoms with E-state index in [1.165, 1.54) is 0 Å². The fourth-order valence-electron chi connectivity index (χ4n) is 4.56. The monoisotopic (exact) mass is 445 g/mol. The molecule has 178 valence electrons. The molecule has 3 rings (SSSR count). The zero-order chi connectivity index (χ0) is 22.8. The van der Waals surface area contributed by atoms with E-state index in [-0.39, 0.29) is 17.9 Å².